The predicted molar refractivity (Wildman–Crippen MR) is 101 cm³/mol. The number of rotatable bonds is 2. The molecule has 0 saturated heterocycles. The van der Waals surface area contributed by atoms with Gasteiger partial charge in [0.15, 0.2) is 0 Å². The Hall–Kier alpha value is 0.0200. The highest BCUT2D eigenvalue weighted by Gasteiger charge is 2.44. The molecule has 4 rings (SSSR count). The summed E-state index contributed by atoms with van der Waals surface area (Å²) >= 11 is 13.8. The third kappa shape index (κ3) is 2.37. The van der Waals surface area contributed by atoms with Gasteiger partial charge in [-0.25, -0.2) is 0 Å². The second kappa shape index (κ2) is 5.78. The van der Waals surface area contributed by atoms with E-state index in [1.165, 1.54) is 11.3 Å². The minimum atomic E-state index is -0.211. The van der Waals surface area contributed by atoms with Gasteiger partial charge in [-0.05, 0) is 94.3 Å². The fraction of sp³-hybridized carbons (Fsp3) is 0.375. The highest BCUT2D eigenvalue weighted by atomic mass is 79.9. The average molecular weight is 569 g/mol. The van der Waals surface area contributed by atoms with Crippen molar-refractivity contribution in [1.82, 2.24) is 4.90 Å². The highest BCUT2D eigenvalue weighted by Crippen LogP contribution is 2.47. The zero-order valence-corrected chi connectivity index (χ0v) is 18.1. The first kappa shape index (κ1) is 16.5. The molecule has 0 spiro atoms. The summed E-state index contributed by atoms with van der Waals surface area (Å²) in [6, 6.07) is 0. The highest BCUT2D eigenvalue weighted by molar-refractivity contribution is 9.15. The van der Waals surface area contributed by atoms with E-state index in [1.807, 2.05) is 0 Å². The van der Waals surface area contributed by atoms with Crippen LogP contribution in [0.5, 0.6) is 0 Å². The fourth-order valence-corrected chi connectivity index (χ4v) is 6.36. The van der Waals surface area contributed by atoms with E-state index in [2.05, 4.69) is 75.9 Å². The molecule has 120 valence electrons. The quantitative estimate of drug-likeness (QED) is 0.203. The second-order valence-electron chi connectivity index (χ2n) is 6.27. The standard InChI is InChI=1S/C16H11Br4NO2/c17-11-9-10(12(18)14(20)13(11)19)16(23)21(15(9)22)5-8-4-6-1-2-7(8)3-6/h1-2,6-8H,3-5H2. The van der Waals surface area contributed by atoms with Gasteiger partial charge < -0.3 is 0 Å². The molecule has 3 unspecified atom stereocenters. The number of halogens is 4. The van der Waals surface area contributed by atoms with Gasteiger partial charge in [-0.3, -0.25) is 14.5 Å². The van der Waals surface area contributed by atoms with Gasteiger partial charge in [0.1, 0.15) is 0 Å². The lowest BCUT2D eigenvalue weighted by Crippen LogP contribution is -2.35. The number of carbonyl (C=O) groups excluding carboxylic acids is 2. The van der Waals surface area contributed by atoms with E-state index in [1.54, 1.807) is 0 Å². The van der Waals surface area contributed by atoms with Gasteiger partial charge in [-0.15, -0.1) is 0 Å². The maximum absolute atomic E-state index is 12.8. The molecule has 1 aromatic carbocycles. The number of allylic oxidation sites excluding steroid dienone is 2. The lowest BCUT2D eigenvalue weighted by atomic mass is 9.93. The van der Waals surface area contributed by atoms with Crippen LogP contribution in [0.1, 0.15) is 33.6 Å². The molecule has 1 aromatic rings. The summed E-state index contributed by atoms with van der Waals surface area (Å²) in [6.07, 6.45) is 6.75. The molecular weight excluding hydrogens is 558 g/mol. The lowest BCUT2D eigenvalue weighted by molar-refractivity contribution is 0.0621. The predicted octanol–water partition coefficient (Wildman–Crippen LogP) is 5.54. The Morgan fingerprint density at radius 2 is 1.43 bits per heavy atom. The van der Waals surface area contributed by atoms with Crippen LogP contribution in [0.4, 0.5) is 0 Å². The minimum absolute atomic E-state index is 0.211. The van der Waals surface area contributed by atoms with Crippen molar-refractivity contribution in [3.63, 3.8) is 0 Å². The molecule has 0 radical (unpaired) electrons. The molecule has 1 aliphatic heterocycles. The van der Waals surface area contributed by atoms with Crippen LogP contribution in [0.25, 0.3) is 0 Å². The molecule has 2 bridgehead atoms. The zero-order chi connectivity index (χ0) is 16.5. The third-order valence-electron chi connectivity index (χ3n) is 5.02. The van der Waals surface area contributed by atoms with E-state index in [-0.39, 0.29) is 11.8 Å². The molecule has 1 fully saturated rings. The van der Waals surface area contributed by atoms with Gasteiger partial charge in [0, 0.05) is 24.4 Å². The van der Waals surface area contributed by atoms with Gasteiger partial charge in [0.2, 0.25) is 0 Å². The first-order valence-corrected chi connectivity index (χ1v) is 10.5. The van der Waals surface area contributed by atoms with Crippen molar-refractivity contribution in [3.05, 3.63) is 41.2 Å². The Bertz CT molecular complexity index is 742. The number of amides is 2. The molecule has 0 aromatic heterocycles. The molecular formula is C16H11Br4NO2. The SMILES string of the molecule is O=C1c2c(Br)c(Br)c(Br)c(Br)c2C(=O)N1CC1CC2C=CC1C2. The zero-order valence-electron chi connectivity index (χ0n) is 11.8. The largest absolute Gasteiger partial charge is 0.274 e. The van der Waals surface area contributed by atoms with Gasteiger partial charge in [0.05, 0.1) is 11.1 Å². The van der Waals surface area contributed by atoms with Gasteiger partial charge in [-0.1, -0.05) is 12.2 Å². The van der Waals surface area contributed by atoms with Crippen LogP contribution in [-0.4, -0.2) is 23.3 Å². The minimum Gasteiger partial charge on any atom is -0.274 e. The van der Waals surface area contributed by atoms with E-state index in [0.717, 1.165) is 15.4 Å². The second-order valence-corrected chi connectivity index (χ2v) is 9.44. The van der Waals surface area contributed by atoms with E-state index < -0.39 is 0 Å². The third-order valence-corrected chi connectivity index (χ3v) is 9.79. The fourth-order valence-electron chi connectivity index (χ4n) is 3.90. The van der Waals surface area contributed by atoms with E-state index in [4.69, 9.17) is 0 Å². The molecule has 23 heavy (non-hydrogen) atoms. The molecule has 7 heteroatoms. The Morgan fingerprint density at radius 3 is 1.87 bits per heavy atom. The summed E-state index contributed by atoms with van der Waals surface area (Å²) in [4.78, 5) is 27.1. The maximum Gasteiger partial charge on any atom is 0.262 e. The number of hydrogen-bond acceptors (Lipinski definition) is 2. The molecule has 2 amide bonds. The van der Waals surface area contributed by atoms with Gasteiger partial charge >= 0.3 is 0 Å². The van der Waals surface area contributed by atoms with Crippen molar-refractivity contribution < 1.29 is 9.59 Å². The summed E-state index contributed by atoms with van der Waals surface area (Å²) in [5.74, 6) is 1.10. The van der Waals surface area contributed by atoms with Crippen LogP contribution in [0, 0.1) is 17.8 Å². The van der Waals surface area contributed by atoms with Crippen molar-refractivity contribution in [2.24, 2.45) is 17.8 Å². The van der Waals surface area contributed by atoms with Crippen molar-refractivity contribution >= 4 is 75.5 Å². The number of benzene rings is 1. The van der Waals surface area contributed by atoms with Crippen molar-refractivity contribution in [2.45, 2.75) is 12.8 Å². The average Bonchev–Trinajstić information content (AvgIpc) is 3.20. The molecule has 0 N–H and O–H groups in total. The smallest absolute Gasteiger partial charge is 0.262 e. The van der Waals surface area contributed by atoms with E-state index in [0.29, 0.717) is 44.4 Å². The van der Waals surface area contributed by atoms with Gasteiger partial charge in [0.25, 0.3) is 11.8 Å². The summed E-state index contributed by atoms with van der Waals surface area (Å²) in [7, 11) is 0. The first-order valence-electron chi connectivity index (χ1n) is 7.30. The van der Waals surface area contributed by atoms with Crippen LogP contribution in [0.2, 0.25) is 0 Å². The summed E-state index contributed by atoms with van der Waals surface area (Å²) in [5, 5.41) is 0. The van der Waals surface area contributed by atoms with Crippen molar-refractivity contribution in [2.75, 3.05) is 6.54 Å². The first-order chi connectivity index (χ1) is 10.9. The van der Waals surface area contributed by atoms with Crippen LogP contribution in [0.3, 0.4) is 0 Å². The maximum atomic E-state index is 12.8. The van der Waals surface area contributed by atoms with Crippen LogP contribution in [0.15, 0.2) is 30.0 Å². The Labute approximate surface area is 167 Å². The number of nitrogens with zero attached hydrogens (tertiary/aromatic N) is 1. The number of fused-ring (bicyclic) bond motifs is 3. The van der Waals surface area contributed by atoms with Crippen LogP contribution in [-0.2, 0) is 0 Å². The monoisotopic (exact) mass is 565 g/mol. The van der Waals surface area contributed by atoms with E-state index in [9.17, 15) is 9.59 Å². The molecule has 1 saturated carbocycles. The molecule has 1 heterocycles. The molecule has 3 atom stereocenters. The summed E-state index contributed by atoms with van der Waals surface area (Å²) in [6.45, 7) is 0.506. The Kier molecular flexibility index (Phi) is 4.14. The topological polar surface area (TPSA) is 37.4 Å². The lowest BCUT2D eigenvalue weighted by Gasteiger charge is -2.23. The Balaban J connectivity index is 1.71. The molecule has 3 aliphatic rings. The van der Waals surface area contributed by atoms with Gasteiger partial charge in [-0.2, -0.15) is 0 Å². The summed E-state index contributed by atoms with van der Waals surface area (Å²) in [5.41, 5.74) is 0.881. The van der Waals surface area contributed by atoms with Crippen molar-refractivity contribution in [3.8, 4) is 0 Å². The Morgan fingerprint density at radius 1 is 0.870 bits per heavy atom. The normalized spacial score (nSPS) is 28.2. The van der Waals surface area contributed by atoms with Crippen molar-refractivity contribution in [1.29, 1.82) is 0 Å². The summed E-state index contributed by atoms with van der Waals surface area (Å²) < 4.78 is 2.70. The molecule has 3 nitrogen and oxygen atoms in total. The molecule has 2 aliphatic carbocycles. The van der Waals surface area contributed by atoms with Crippen LogP contribution < -0.4 is 0 Å². The number of hydrogen-bond donors (Lipinski definition) is 0. The van der Waals surface area contributed by atoms with E-state index >= 15 is 0 Å². The number of carbonyl (C=O) groups is 2. The number of imide groups is 1. The van der Waals surface area contributed by atoms with Crippen LogP contribution >= 0.6 is 63.7 Å².